The van der Waals surface area contributed by atoms with Crippen LogP contribution in [-0.2, 0) is 4.79 Å². The summed E-state index contributed by atoms with van der Waals surface area (Å²) in [6.07, 6.45) is 5.10. The van der Waals surface area contributed by atoms with Gasteiger partial charge in [0.2, 0.25) is 6.08 Å². The molecule has 0 saturated carbocycles. The van der Waals surface area contributed by atoms with E-state index in [4.69, 9.17) is 0 Å². The largest absolute Gasteiger partial charge is 0.234 e. The number of isocyanates is 1. The molecule has 2 nitrogen and oxygen atoms in total. The lowest BCUT2D eigenvalue weighted by Gasteiger charge is -1.96. The third-order valence-corrected chi connectivity index (χ3v) is 2.42. The second kappa shape index (κ2) is 9.73. The summed E-state index contributed by atoms with van der Waals surface area (Å²) in [6, 6.07) is 0. The van der Waals surface area contributed by atoms with Crippen LogP contribution in [0, 0.1) is 0 Å². The minimum atomic E-state index is 0.641. The van der Waals surface area contributed by atoms with Gasteiger partial charge in [-0.1, -0.05) is 13.3 Å². The van der Waals surface area contributed by atoms with E-state index in [9.17, 15) is 4.79 Å². The van der Waals surface area contributed by atoms with Crippen LogP contribution in [-0.4, -0.2) is 24.1 Å². The van der Waals surface area contributed by atoms with Crippen LogP contribution < -0.4 is 0 Å². The van der Waals surface area contributed by atoms with Crippen molar-refractivity contribution in [2.45, 2.75) is 26.2 Å². The van der Waals surface area contributed by atoms with Gasteiger partial charge in [0.1, 0.15) is 0 Å². The smallest absolute Gasteiger partial charge is 0.211 e. The molecule has 0 radical (unpaired) electrons. The van der Waals surface area contributed by atoms with E-state index in [1.165, 1.54) is 24.7 Å². The van der Waals surface area contributed by atoms with Gasteiger partial charge in [0.15, 0.2) is 0 Å². The highest BCUT2D eigenvalue weighted by molar-refractivity contribution is 7.99. The van der Waals surface area contributed by atoms with Gasteiger partial charge in [-0.3, -0.25) is 0 Å². The molecule has 64 valence electrons. The number of hydrogen-bond donors (Lipinski definition) is 0. The number of nitrogens with zero attached hydrogens (tertiary/aromatic N) is 1. The average molecular weight is 173 g/mol. The van der Waals surface area contributed by atoms with Crippen LogP contribution >= 0.6 is 11.8 Å². The number of hydrogen-bond acceptors (Lipinski definition) is 3. The van der Waals surface area contributed by atoms with Crippen molar-refractivity contribution in [1.82, 2.24) is 0 Å². The molecule has 0 atom stereocenters. The van der Waals surface area contributed by atoms with E-state index < -0.39 is 0 Å². The molecule has 11 heavy (non-hydrogen) atoms. The third kappa shape index (κ3) is 9.73. The zero-order chi connectivity index (χ0) is 8.36. The monoisotopic (exact) mass is 173 g/mol. The van der Waals surface area contributed by atoms with Crippen molar-refractivity contribution in [3.63, 3.8) is 0 Å². The van der Waals surface area contributed by atoms with Crippen molar-refractivity contribution in [2.24, 2.45) is 4.99 Å². The van der Waals surface area contributed by atoms with Crippen LogP contribution in [0.5, 0.6) is 0 Å². The van der Waals surface area contributed by atoms with Crippen LogP contribution in [0.25, 0.3) is 0 Å². The summed E-state index contributed by atoms with van der Waals surface area (Å²) in [5, 5.41) is 0. The van der Waals surface area contributed by atoms with Crippen molar-refractivity contribution in [3.05, 3.63) is 0 Å². The molecule has 0 aromatic carbocycles. The lowest BCUT2D eigenvalue weighted by atomic mass is 10.4. The molecule has 0 aromatic heterocycles. The second-order valence-corrected chi connectivity index (χ2v) is 3.52. The minimum Gasteiger partial charge on any atom is -0.211 e. The Morgan fingerprint density at radius 1 is 1.36 bits per heavy atom. The van der Waals surface area contributed by atoms with E-state index >= 15 is 0 Å². The second-order valence-electron chi connectivity index (χ2n) is 2.29. The quantitative estimate of drug-likeness (QED) is 0.336. The maximum absolute atomic E-state index is 9.64. The number of carbonyl (C=O) groups excluding carboxylic acids is 1. The van der Waals surface area contributed by atoms with E-state index in [1.54, 1.807) is 0 Å². The Balaban J connectivity index is 2.84. The summed E-state index contributed by atoms with van der Waals surface area (Å²) in [5.74, 6) is 2.35. The first-order valence-corrected chi connectivity index (χ1v) is 5.18. The van der Waals surface area contributed by atoms with E-state index in [0.29, 0.717) is 6.54 Å². The molecule has 0 fully saturated rings. The Kier molecular flexibility index (Phi) is 9.49. The Morgan fingerprint density at radius 3 is 2.73 bits per heavy atom. The highest BCUT2D eigenvalue weighted by Gasteiger charge is 1.87. The van der Waals surface area contributed by atoms with Gasteiger partial charge in [-0.05, 0) is 24.3 Å². The lowest BCUT2D eigenvalue weighted by molar-refractivity contribution is 0.562. The molecule has 0 bridgehead atoms. The zero-order valence-electron chi connectivity index (χ0n) is 7.01. The summed E-state index contributed by atoms with van der Waals surface area (Å²) in [7, 11) is 0. The molecule has 0 amide bonds. The fourth-order valence-electron chi connectivity index (χ4n) is 0.640. The fraction of sp³-hybridized carbons (Fsp3) is 0.875. The molecule has 0 heterocycles. The normalized spacial score (nSPS) is 9.18. The summed E-state index contributed by atoms with van der Waals surface area (Å²) in [6.45, 7) is 2.83. The maximum Gasteiger partial charge on any atom is 0.234 e. The van der Waals surface area contributed by atoms with Gasteiger partial charge in [-0.25, -0.2) is 9.79 Å². The topological polar surface area (TPSA) is 29.4 Å². The molecular weight excluding hydrogens is 158 g/mol. The Bertz CT molecular complexity index is 121. The average Bonchev–Trinajstić information content (AvgIpc) is 2.03. The van der Waals surface area contributed by atoms with E-state index in [1.807, 2.05) is 11.8 Å². The summed E-state index contributed by atoms with van der Waals surface area (Å²) >= 11 is 1.94. The SMILES string of the molecule is CCCCSCCCN=C=O. The molecule has 0 aliphatic heterocycles. The van der Waals surface area contributed by atoms with Crippen molar-refractivity contribution in [1.29, 1.82) is 0 Å². The van der Waals surface area contributed by atoms with Gasteiger partial charge in [-0.15, -0.1) is 0 Å². The molecule has 0 rings (SSSR count). The van der Waals surface area contributed by atoms with Crippen LogP contribution in [0.15, 0.2) is 4.99 Å². The molecule has 0 saturated heterocycles. The van der Waals surface area contributed by atoms with E-state index in [-0.39, 0.29) is 0 Å². The van der Waals surface area contributed by atoms with Crippen molar-refractivity contribution >= 4 is 17.8 Å². The summed E-state index contributed by atoms with van der Waals surface area (Å²) in [4.78, 5) is 13.1. The summed E-state index contributed by atoms with van der Waals surface area (Å²) in [5.41, 5.74) is 0. The molecule has 0 spiro atoms. The van der Waals surface area contributed by atoms with E-state index in [0.717, 1.165) is 12.2 Å². The first-order chi connectivity index (χ1) is 5.41. The van der Waals surface area contributed by atoms with E-state index in [2.05, 4.69) is 11.9 Å². The maximum atomic E-state index is 9.64. The summed E-state index contributed by atoms with van der Waals surface area (Å²) < 4.78 is 0. The fourth-order valence-corrected chi connectivity index (χ4v) is 1.67. The van der Waals surface area contributed by atoms with Gasteiger partial charge in [0.05, 0.1) is 6.54 Å². The van der Waals surface area contributed by atoms with Gasteiger partial charge in [0.25, 0.3) is 0 Å². The number of rotatable bonds is 7. The van der Waals surface area contributed by atoms with Gasteiger partial charge in [-0.2, -0.15) is 11.8 Å². The van der Waals surface area contributed by atoms with Crippen LogP contribution in [0.2, 0.25) is 0 Å². The van der Waals surface area contributed by atoms with Gasteiger partial charge >= 0.3 is 0 Å². The van der Waals surface area contributed by atoms with Gasteiger partial charge in [0, 0.05) is 0 Å². The van der Waals surface area contributed by atoms with Crippen molar-refractivity contribution in [2.75, 3.05) is 18.1 Å². The van der Waals surface area contributed by atoms with Gasteiger partial charge < -0.3 is 0 Å². The van der Waals surface area contributed by atoms with Crippen LogP contribution in [0.4, 0.5) is 0 Å². The Hall–Kier alpha value is -0.270. The highest BCUT2D eigenvalue weighted by atomic mass is 32.2. The Labute approximate surface area is 72.5 Å². The zero-order valence-corrected chi connectivity index (χ0v) is 7.82. The Morgan fingerprint density at radius 2 is 2.09 bits per heavy atom. The molecule has 0 aliphatic carbocycles. The minimum absolute atomic E-state index is 0.641. The van der Waals surface area contributed by atoms with Crippen LogP contribution in [0.3, 0.4) is 0 Å². The number of aliphatic imine (C=N–C) groups is 1. The molecule has 0 aromatic rings. The van der Waals surface area contributed by atoms with Crippen LogP contribution in [0.1, 0.15) is 26.2 Å². The lowest BCUT2D eigenvalue weighted by Crippen LogP contribution is -1.86. The predicted molar refractivity (Wildman–Crippen MR) is 49.8 cm³/mol. The first-order valence-electron chi connectivity index (χ1n) is 4.03. The molecule has 0 unspecified atom stereocenters. The third-order valence-electron chi connectivity index (χ3n) is 1.27. The standard InChI is InChI=1S/C8H15NOS/c1-2-3-6-11-7-4-5-9-8-10/h2-7H2,1H3. The van der Waals surface area contributed by atoms with Crippen molar-refractivity contribution < 1.29 is 4.79 Å². The predicted octanol–water partition coefficient (Wildman–Crippen LogP) is 2.25. The number of thioether (sulfide) groups is 1. The number of unbranched alkanes of at least 4 members (excludes halogenated alkanes) is 1. The highest BCUT2D eigenvalue weighted by Crippen LogP contribution is 2.05. The molecule has 0 aliphatic rings. The van der Waals surface area contributed by atoms with Crippen molar-refractivity contribution in [3.8, 4) is 0 Å². The molecule has 0 N–H and O–H groups in total. The molecular formula is C8H15NOS. The first kappa shape index (κ1) is 10.7. The molecule has 3 heteroatoms.